The topological polar surface area (TPSA) is 77.5 Å². The van der Waals surface area contributed by atoms with E-state index in [1.54, 1.807) is 0 Å². The van der Waals surface area contributed by atoms with Crippen LogP contribution in [0.4, 0.5) is 0 Å². The van der Waals surface area contributed by atoms with Gasteiger partial charge in [0, 0.05) is 0 Å². The first-order valence-electron chi connectivity index (χ1n) is 7.91. The molecule has 0 amide bonds. The predicted molar refractivity (Wildman–Crippen MR) is 88.3 cm³/mol. The summed E-state index contributed by atoms with van der Waals surface area (Å²) in [4.78, 5) is 0. The Morgan fingerprint density at radius 2 is 0.905 bits per heavy atom. The van der Waals surface area contributed by atoms with Crippen LogP contribution in [0.1, 0.15) is 79.1 Å². The van der Waals surface area contributed by atoms with Crippen LogP contribution in [0, 0.1) is 0 Å². The van der Waals surface area contributed by atoms with E-state index >= 15 is 0 Å². The van der Waals surface area contributed by atoms with Crippen molar-refractivity contribution in [3.05, 3.63) is 0 Å². The molecule has 0 aromatic heterocycles. The zero-order chi connectivity index (χ0) is 16.8. The SMILES string of the molecule is CCCC.CCCCCS(=O)(=O)OS(=O)(=O)CCCCC. The Balaban J connectivity index is 0. The molecule has 0 N–H and O–H groups in total. The summed E-state index contributed by atoms with van der Waals surface area (Å²) in [5.74, 6) is -0.457. The molecular weight excluding hydrogens is 312 g/mol. The van der Waals surface area contributed by atoms with Gasteiger partial charge in [-0.05, 0) is 12.8 Å². The minimum Gasteiger partial charge on any atom is -0.198 e. The normalized spacial score (nSPS) is 11.8. The van der Waals surface area contributed by atoms with Crippen LogP contribution in [0.5, 0.6) is 0 Å². The van der Waals surface area contributed by atoms with Crippen molar-refractivity contribution in [1.29, 1.82) is 0 Å². The minimum absolute atomic E-state index is 0.228. The molecule has 0 radical (unpaired) electrons. The largest absolute Gasteiger partial charge is 0.281 e. The summed E-state index contributed by atoms with van der Waals surface area (Å²) in [5.41, 5.74) is 0. The lowest BCUT2D eigenvalue weighted by atomic mass is 10.3. The van der Waals surface area contributed by atoms with Crippen LogP contribution in [0.2, 0.25) is 0 Å². The molecule has 0 aromatic rings. The maximum Gasteiger partial charge on any atom is 0.281 e. The van der Waals surface area contributed by atoms with Crippen LogP contribution in [-0.2, 0) is 23.9 Å². The lowest BCUT2D eigenvalue weighted by Gasteiger charge is -2.05. The van der Waals surface area contributed by atoms with Crippen molar-refractivity contribution in [2.45, 2.75) is 79.1 Å². The van der Waals surface area contributed by atoms with Gasteiger partial charge in [0.15, 0.2) is 0 Å². The van der Waals surface area contributed by atoms with Crippen LogP contribution in [0.3, 0.4) is 0 Å². The summed E-state index contributed by atoms with van der Waals surface area (Å²) < 4.78 is 49.7. The van der Waals surface area contributed by atoms with E-state index in [0.29, 0.717) is 12.8 Å². The fourth-order valence-electron chi connectivity index (χ4n) is 1.28. The van der Waals surface area contributed by atoms with Crippen molar-refractivity contribution in [3.63, 3.8) is 0 Å². The van der Waals surface area contributed by atoms with Crippen molar-refractivity contribution in [2.75, 3.05) is 11.5 Å². The molecule has 0 aliphatic heterocycles. The smallest absolute Gasteiger partial charge is 0.198 e. The molecule has 0 aromatic carbocycles. The molecule has 0 heterocycles. The summed E-state index contributed by atoms with van der Waals surface area (Å²) in [6, 6.07) is 0. The van der Waals surface area contributed by atoms with Crippen LogP contribution in [-0.4, -0.2) is 28.3 Å². The second kappa shape index (κ2) is 13.5. The van der Waals surface area contributed by atoms with Gasteiger partial charge in [0.2, 0.25) is 0 Å². The Labute approximate surface area is 131 Å². The van der Waals surface area contributed by atoms with Gasteiger partial charge in [-0.25, -0.2) is 0 Å². The maximum atomic E-state index is 11.4. The zero-order valence-electron chi connectivity index (χ0n) is 13.9. The third-order valence-corrected chi connectivity index (χ3v) is 5.94. The molecule has 7 heteroatoms. The average molecular weight is 345 g/mol. The zero-order valence-corrected chi connectivity index (χ0v) is 15.6. The van der Waals surface area contributed by atoms with E-state index in [-0.39, 0.29) is 11.5 Å². The summed E-state index contributed by atoms with van der Waals surface area (Å²) in [7, 11) is -7.87. The fraction of sp³-hybridized carbons (Fsp3) is 1.00. The van der Waals surface area contributed by atoms with Crippen LogP contribution in [0.15, 0.2) is 0 Å². The summed E-state index contributed by atoms with van der Waals surface area (Å²) in [6.07, 6.45) is 6.75. The van der Waals surface area contributed by atoms with E-state index in [1.807, 2.05) is 13.8 Å². The van der Waals surface area contributed by atoms with E-state index in [0.717, 1.165) is 25.7 Å². The van der Waals surface area contributed by atoms with E-state index in [4.69, 9.17) is 0 Å². The van der Waals surface area contributed by atoms with Gasteiger partial charge >= 0.3 is 0 Å². The molecule has 0 saturated heterocycles. The predicted octanol–water partition coefficient (Wildman–Crippen LogP) is 3.85. The second-order valence-corrected chi connectivity index (χ2v) is 8.60. The second-order valence-electron chi connectivity index (χ2n) is 5.01. The molecule has 0 bridgehead atoms. The van der Waals surface area contributed by atoms with Gasteiger partial charge < -0.3 is 0 Å². The fourth-order valence-corrected chi connectivity index (χ4v) is 4.21. The number of hydrogen-bond donors (Lipinski definition) is 0. The number of hydrogen-bond acceptors (Lipinski definition) is 5. The van der Waals surface area contributed by atoms with Gasteiger partial charge in [-0.2, -0.15) is 16.8 Å². The Bertz CT molecular complexity index is 373. The molecule has 0 spiro atoms. The van der Waals surface area contributed by atoms with E-state index < -0.39 is 20.2 Å². The molecule has 0 atom stereocenters. The van der Waals surface area contributed by atoms with Gasteiger partial charge in [0.25, 0.3) is 20.2 Å². The molecule has 0 rings (SSSR count). The van der Waals surface area contributed by atoms with Crippen LogP contribution < -0.4 is 0 Å². The van der Waals surface area contributed by atoms with Gasteiger partial charge in [0.05, 0.1) is 11.5 Å². The number of rotatable bonds is 11. The van der Waals surface area contributed by atoms with Crippen LogP contribution >= 0.6 is 0 Å². The number of unbranched alkanes of at least 4 members (excludes halogenated alkanes) is 5. The molecule has 0 saturated carbocycles. The highest BCUT2D eigenvalue weighted by atomic mass is 32.3. The van der Waals surface area contributed by atoms with Crippen molar-refractivity contribution in [3.8, 4) is 0 Å². The lowest BCUT2D eigenvalue weighted by Crippen LogP contribution is -2.19. The van der Waals surface area contributed by atoms with Gasteiger partial charge in [0.1, 0.15) is 0 Å². The quantitative estimate of drug-likeness (QED) is 0.532. The molecule has 21 heavy (non-hydrogen) atoms. The van der Waals surface area contributed by atoms with E-state index in [2.05, 4.69) is 17.5 Å². The molecule has 0 aliphatic rings. The Morgan fingerprint density at radius 1 is 0.571 bits per heavy atom. The molecule has 0 aliphatic carbocycles. The standard InChI is InChI=1S/C10H22O5S2.C4H10/c1-3-5-7-9-16(11,12)15-17(13,14)10-8-6-4-2;1-3-4-2/h3-10H2,1-2H3;3-4H2,1-2H3. The minimum atomic E-state index is -3.94. The van der Waals surface area contributed by atoms with Crippen molar-refractivity contribution >= 4 is 20.2 Å². The Morgan fingerprint density at radius 3 is 1.14 bits per heavy atom. The summed E-state index contributed by atoms with van der Waals surface area (Å²) in [5, 5.41) is 0. The Hall–Kier alpha value is -0.140. The van der Waals surface area contributed by atoms with Crippen molar-refractivity contribution in [1.82, 2.24) is 0 Å². The molecule has 0 unspecified atom stereocenters. The van der Waals surface area contributed by atoms with E-state index in [1.165, 1.54) is 12.8 Å². The lowest BCUT2D eigenvalue weighted by molar-refractivity contribution is 0.458. The monoisotopic (exact) mass is 344 g/mol. The average Bonchev–Trinajstić information content (AvgIpc) is 2.38. The third-order valence-electron chi connectivity index (χ3n) is 2.70. The molecule has 0 fully saturated rings. The summed E-state index contributed by atoms with van der Waals surface area (Å²) in [6.45, 7) is 8.24. The molecular formula is C14H32O5S2. The highest BCUT2D eigenvalue weighted by Crippen LogP contribution is 2.08. The highest BCUT2D eigenvalue weighted by molar-refractivity contribution is 7.99. The first kappa shape index (κ1) is 23.1. The van der Waals surface area contributed by atoms with Gasteiger partial charge in [-0.15, -0.1) is 3.63 Å². The highest BCUT2D eigenvalue weighted by Gasteiger charge is 2.21. The third kappa shape index (κ3) is 17.8. The van der Waals surface area contributed by atoms with Crippen LogP contribution in [0.25, 0.3) is 0 Å². The Kier molecular flexibility index (Phi) is 14.9. The molecule has 5 nitrogen and oxygen atoms in total. The summed E-state index contributed by atoms with van der Waals surface area (Å²) >= 11 is 0. The van der Waals surface area contributed by atoms with Crippen molar-refractivity contribution in [2.24, 2.45) is 0 Å². The first-order chi connectivity index (χ1) is 9.74. The van der Waals surface area contributed by atoms with Gasteiger partial charge in [-0.3, -0.25) is 0 Å². The molecule has 130 valence electrons. The maximum absolute atomic E-state index is 11.4. The van der Waals surface area contributed by atoms with Crippen molar-refractivity contribution < 1.29 is 20.5 Å². The first-order valence-corrected chi connectivity index (χ1v) is 11.1. The van der Waals surface area contributed by atoms with E-state index in [9.17, 15) is 16.8 Å². The van der Waals surface area contributed by atoms with Gasteiger partial charge in [-0.1, -0.05) is 66.2 Å².